The number of hydrogen-bond donors (Lipinski definition) is 3. The summed E-state index contributed by atoms with van der Waals surface area (Å²) in [6.07, 6.45) is -0.0811. The van der Waals surface area contributed by atoms with E-state index in [0.717, 1.165) is 12.1 Å². The molecule has 0 heterocycles. The molecule has 1 aromatic rings. The van der Waals surface area contributed by atoms with Crippen LogP contribution in [0.25, 0.3) is 0 Å². The van der Waals surface area contributed by atoms with Crippen molar-refractivity contribution >= 4 is 11.9 Å². The zero-order chi connectivity index (χ0) is 12.8. The van der Waals surface area contributed by atoms with Crippen LogP contribution in [-0.2, 0) is 4.79 Å². The molecule has 0 fully saturated rings. The molecule has 1 rings (SSSR count). The van der Waals surface area contributed by atoms with E-state index in [0.29, 0.717) is 0 Å². The Bertz CT molecular complexity index is 404. The standard InChI is InChI=1S/C11H12FNO4/c12-8-3-1-7(2-4-8)10(15)13-9(5-6-14)11(16)17/h1-4,9,14H,5-6H2,(H,13,15)(H,16,17)/t9-/m1/s1. The van der Waals surface area contributed by atoms with Crippen LogP contribution in [0.2, 0.25) is 0 Å². The molecule has 1 atom stereocenters. The number of hydrogen-bond acceptors (Lipinski definition) is 3. The van der Waals surface area contributed by atoms with Crippen molar-refractivity contribution in [1.29, 1.82) is 0 Å². The molecule has 5 nitrogen and oxygen atoms in total. The number of nitrogens with one attached hydrogen (secondary N) is 1. The molecular formula is C11H12FNO4. The summed E-state index contributed by atoms with van der Waals surface area (Å²) in [5.41, 5.74) is 0.163. The molecule has 3 N–H and O–H groups in total. The highest BCUT2D eigenvalue weighted by molar-refractivity contribution is 5.96. The molecule has 17 heavy (non-hydrogen) atoms. The minimum Gasteiger partial charge on any atom is -0.480 e. The fourth-order valence-electron chi connectivity index (χ4n) is 1.23. The topological polar surface area (TPSA) is 86.6 Å². The van der Waals surface area contributed by atoms with Crippen LogP contribution in [0, 0.1) is 5.82 Å². The third kappa shape index (κ3) is 3.84. The van der Waals surface area contributed by atoms with Crippen molar-refractivity contribution in [2.24, 2.45) is 0 Å². The predicted molar refractivity (Wildman–Crippen MR) is 57.0 cm³/mol. The highest BCUT2D eigenvalue weighted by Gasteiger charge is 2.19. The van der Waals surface area contributed by atoms with Crippen molar-refractivity contribution in [3.8, 4) is 0 Å². The van der Waals surface area contributed by atoms with Gasteiger partial charge in [0.25, 0.3) is 5.91 Å². The van der Waals surface area contributed by atoms with Gasteiger partial charge in [-0.1, -0.05) is 0 Å². The second-order valence-corrected chi connectivity index (χ2v) is 3.38. The van der Waals surface area contributed by atoms with E-state index in [1.807, 2.05) is 0 Å². The fraction of sp³-hybridized carbons (Fsp3) is 0.273. The molecule has 0 saturated carbocycles. The minimum absolute atomic E-state index is 0.0811. The van der Waals surface area contributed by atoms with Gasteiger partial charge < -0.3 is 15.5 Å². The third-order valence-electron chi connectivity index (χ3n) is 2.13. The zero-order valence-electron chi connectivity index (χ0n) is 8.89. The quantitative estimate of drug-likeness (QED) is 0.696. The van der Waals surface area contributed by atoms with Crippen molar-refractivity contribution < 1.29 is 24.2 Å². The average Bonchev–Trinajstić information content (AvgIpc) is 2.29. The first-order valence-electron chi connectivity index (χ1n) is 4.94. The molecule has 0 aromatic heterocycles. The van der Waals surface area contributed by atoms with Crippen LogP contribution in [-0.4, -0.2) is 34.7 Å². The summed E-state index contributed by atoms with van der Waals surface area (Å²) in [5.74, 6) is -2.33. The molecule has 0 unspecified atom stereocenters. The number of aliphatic hydroxyl groups excluding tert-OH is 1. The predicted octanol–water partition coefficient (Wildman–Crippen LogP) is 0.391. The summed E-state index contributed by atoms with van der Waals surface area (Å²) in [6, 6.07) is 3.57. The lowest BCUT2D eigenvalue weighted by Crippen LogP contribution is -2.41. The first kappa shape index (κ1) is 13.1. The van der Waals surface area contributed by atoms with E-state index in [-0.39, 0.29) is 18.6 Å². The van der Waals surface area contributed by atoms with Crippen LogP contribution in [0.3, 0.4) is 0 Å². The Hall–Kier alpha value is -1.95. The van der Waals surface area contributed by atoms with Gasteiger partial charge in [-0.3, -0.25) is 4.79 Å². The number of carbonyl (C=O) groups is 2. The summed E-state index contributed by atoms with van der Waals surface area (Å²) >= 11 is 0. The van der Waals surface area contributed by atoms with Gasteiger partial charge in [0.15, 0.2) is 0 Å². The van der Waals surface area contributed by atoms with Crippen molar-refractivity contribution in [2.75, 3.05) is 6.61 Å². The maximum atomic E-state index is 12.6. The van der Waals surface area contributed by atoms with E-state index in [9.17, 15) is 14.0 Å². The summed E-state index contributed by atoms with van der Waals surface area (Å²) in [7, 11) is 0. The van der Waals surface area contributed by atoms with Crippen molar-refractivity contribution in [3.05, 3.63) is 35.6 Å². The molecule has 0 aliphatic carbocycles. The lowest BCUT2D eigenvalue weighted by atomic mass is 10.1. The van der Waals surface area contributed by atoms with E-state index >= 15 is 0 Å². The van der Waals surface area contributed by atoms with Gasteiger partial charge in [-0.2, -0.15) is 0 Å². The molecular weight excluding hydrogens is 229 g/mol. The number of halogens is 1. The minimum atomic E-state index is -1.23. The van der Waals surface area contributed by atoms with E-state index < -0.39 is 23.7 Å². The Balaban J connectivity index is 2.70. The van der Waals surface area contributed by atoms with E-state index in [2.05, 4.69) is 5.32 Å². The highest BCUT2D eigenvalue weighted by atomic mass is 19.1. The molecule has 0 aliphatic heterocycles. The number of amides is 1. The van der Waals surface area contributed by atoms with Crippen LogP contribution in [0.1, 0.15) is 16.8 Å². The fourth-order valence-corrected chi connectivity index (χ4v) is 1.23. The van der Waals surface area contributed by atoms with Gasteiger partial charge in [-0.25, -0.2) is 9.18 Å². The average molecular weight is 241 g/mol. The maximum Gasteiger partial charge on any atom is 0.326 e. The van der Waals surface area contributed by atoms with Crippen molar-refractivity contribution in [1.82, 2.24) is 5.32 Å². The molecule has 0 spiro atoms. The smallest absolute Gasteiger partial charge is 0.326 e. The Labute approximate surface area is 96.9 Å². The van der Waals surface area contributed by atoms with Gasteiger partial charge in [0.1, 0.15) is 11.9 Å². The molecule has 1 amide bonds. The summed E-state index contributed by atoms with van der Waals surface area (Å²) in [6.45, 7) is -0.347. The second-order valence-electron chi connectivity index (χ2n) is 3.38. The summed E-state index contributed by atoms with van der Waals surface area (Å²) < 4.78 is 12.6. The number of aliphatic hydroxyl groups is 1. The van der Waals surface area contributed by atoms with Gasteiger partial charge in [0.2, 0.25) is 0 Å². The molecule has 0 bridgehead atoms. The van der Waals surface area contributed by atoms with Crippen molar-refractivity contribution in [3.63, 3.8) is 0 Å². The largest absolute Gasteiger partial charge is 0.480 e. The Morgan fingerprint density at radius 3 is 2.35 bits per heavy atom. The zero-order valence-corrected chi connectivity index (χ0v) is 8.89. The maximum absolute atomic E-state index is 12.6. The van der Waals surface area contributed by atoms with Gasteiger partial charge in [-0.15, -0.1) is 0 Å². The van der Waals surface area contributed by atoms with E-state index in [4.69, 9.17) is 10.2 Å². The molecule has 0 saturated heterocycles. The number of rotatable bonds is 5. The van der Waals surface area contributed by atoms with Gasteiger partial charge in [0.05, 0.1) is 0 Å². The Kier molecular flexibility index (Phi) is 4.59. The molecule has 1 aromatic carbocycles. The molecule has 0 aliphatic rings. The first-order valence-corrected chi connectivity index (χ1v) is 4.94. The van der Waals surface area contributed by atoms with Gasteiger partial charge >= 0.3 is 5.97 Å². The number of carbonyl (C=O) groups excluding carboxylic acids is 1. The van der Waals surface area contributed by atoms with Crippen LogP contribution in [0.4, 0.5) is 4.39 Å². The van der Waals surface area contributed by atoms with Crippen LogP contribution >= 0.6 is 0 Å². The molecule has 92 valence electrons. The monoisotopic (exact) mass is 241 g/mol. The van der Waals surface area contributed by atoms with Gasteiger partial charge in [0, 0.05) is 18.6 Å². The second kappa shape index (κ2) is 5.95. The Morgan fingerprint density at radius 2 is 1.88 bits per heavy atom. The van der Waals surface area contributed by atoms with Gasteiger partial charge in [-0.05, 0) is 24.3 Å². The number of carboxylic acids is 1. The summed E-state index contributed by atoms with van der Waals surface area (Å²) in [5, 5.41) is 19.6. The number of benzene rings is 1. The van der Waals surface area contributed by atoms with E-state index in [1.54, 1.807) is 0 Å². The number of carboxylic acid groups (broad SMARTS) is 1. The summed E-state index contributed by atoms with van der Waals surface area (Å²) in [4.78, 5) is 22.3. The Morgan fingerprint density at radius 1 is 1.29 bits per heavy atom. The van der Waals surface area contributed by atoms with Crippen LogP contribution in [0.5, 0.6) is 0 Å². The van der Waals surface area contributed by atoms with Crippen LogP contribution < -0.4 is 5.32 Å². The number of aliphatic carboxylic acids is 1. The van der Waals surface area contributed by atoms with E-state index in [1.165, 1.54) is 12.1 Å². The van der Waals surface area contributed by atoms with Crippen LogP contribution in [0.15, 0.2) is 24.3 Å². The third-order valence-corrected chi connectivity index (χ3v) is 2.13. The SMILES string of the molecule is O=C(N[C@H](CCO)C(=O)O)c1ccc(F)cc1. The lowest BCUT2D eigenvalue weighted by Gasteiger charge is -2.12. The normalized spacial score (nSPS) is 11.9. The molecule has 6 heteroatoms. The molecule has 0 radical (unpaired) electrons. The highest BCUT2D eigenvalue weighted by Crippen LogP contribution is 2.03. The first-order chi connectivity index (χ1) is 8.04. The van der Waals surface area contributed by atoms with Crippen molar-refractivity contribution in [2.45, 2.75) is 12.5 Å². The lowest BCUT2D eigenvalue weighted by molar-refractivity contribution is -0.139.